The van der Waals surface area contributed by atoms with E-state index in [-0.39, 0.29) is 46.2 Å². The van der Waals surface area contributed by atoms with E-state index in [1.165, 1.54) is 12.1 Å². The average Bonchev–Trinajstić information content (AvgIpc) is 0.742. The van der Waals surface area contributed by atoms with Crippen LogP contribution in [0, 0.1) is 5.92 Å². The number of nitrogens with one attached hydrogen (secondary N) is 7. The van der Waals surface area contributed by atoms with Crippen LogP contribution in [0.1, 0.15) is 105 Å². The maximum Gasteiger partial charge on any atom is 0.278 e. The van der Waals surface area contributed by atoms with Crippen molar-refractivity contribution in [3.63, 3.8) is 0 Å². The number of phenolic OH excluding ortho intramolecular Hbond substituents is 3. The lowest BCUT2D eigenvalue weighted by Crippen LogP contribution is -2.89. The minimum atomic E-state index is -2.37. The number of primary amides is 1. The molecule has 7 aliphatic rings. The summed E-state index contributed by atoms with van der Waals surface area (Å²) in [6.07, 6.45) is -18.8. The fourth-order valence-corrected chi connectivity index (χ4v) is 15.0. The van der Waals surface area contributed by atoms with E-state index in [4.69, 9.17) is 69.0 Å². The quantitative estimate of drug-likeness (QED) is 0.0659. The summed E-state index contributed by atoms with van der Waals surface area (Å²) in [7, 11) is 1.60. The summed E-state index contributed by atoms with van der Waals surface area (Å²) in [4.78, 5) is 118. The largest absolute Gasteiger partial charge is 0.548 e. The number of carboxylic acid groups (broad SMARTS) is 1. The molecule has 7 aromatic carbocycles. The molecule has 0 aliphatic carbocycles. The first-order valence-electron chi connectivity index (χ1n) is 36.0. The van der Waals surface area contributed by atoms with Gasteiger partial charge >= 0.3 is 0 Å². The number of rotatable bonds is 16. The van der Waals surface area contributed by atoms with Crippen molar-refractivity contribution in [2.75, 3.05) is 19.0 Å². The third kappa shape index (κ3) is 17.7. The standard InChI is InChI=1S/C78H82Cl3N9O24/c1-31(2)20-46(83-5)70(101)88-61-63(96)36-11-18-50(44(80)22-36)110-52-24-38-25-53(67(52)114-77-68(66(99)65(98)54(30-91)112-77)113-56-29-78(4,69(100)32(3)109-56)90-40-15-8-34(9-16-40)33-6-13-39(79)14-7-33)111-51-19-12-37(23-45(51)81)64(97)62-75(106)87-60(76(107)108)43-26-41(92)27-49(94)57(43)42-21-35(10-17-48(42)93)58(72(103)89-62)86-73(104)59(38)85-71(102)47(28-55(82)95)84-74(61)105/h6-19,21-27,31-32,46-47,54,56,58-66,68-69,77,83,90-94,96-100H,20,28-30H2,1-5H3,(H2,82,95)(H,84,105)(H,85,102)(H,86,104)(H,87,106)(H,88,101)(H,89,103)(H,107,108)/t32-,46+,47-,54+,56-,58+,59?,60?,61?,62?,63+,64+,65+,66-,68+,69+,77-,78-/m0/s1. The maximum atomic E-state index is 16.2. The second-order valence-corrected chi connectivity index (χ2v) is 30.2. The topological polar surface area (TPSA) is 524 Å². The Bertz CT molecular complexity index is 4870. The van der Waals surface area contributed by atoms with Crippen molar-refractivity contribution in [1.82, 2.24) is 31.9 Å². The van der Waals surface area contributed by atoms with Gasteiger partial charge in [-0.15, -0.1) is 0 Å². The summed E-state index contributed by atoms with van der Waals surface area (Å²) in [6, 6.07) is 13.7. The Balaban J connectivity index is 1.05. The summed E-state index contributed by atoms with van der Waals surface area (Å²) >= 11 is 20.4. The van der Waals surface area contributed by atoms with E-state index in [0.29, 0.717) is 10.7 Å². The van der Waals surface area contributed by atoms with Gasteiger partial charge in [0.15, 0.2) is 29.9 Å². The number of hydrogen-bond acceptors (Lipinski definition) is 25. The minimum absolute atomic E-state index is 0.0776. The number of carbonyl (C=O) groups is 8. The van der Waals surface area contributed by atoms with Gasteiger partial charge in [0, 0.05) is 40.7 Å². The summed E-state index contributed by atoms with van der Waals surface area (Å²) in [5.41, 5.74) is 3.73. The first-order chi connectivity index (χ1) is 54.1. The van der Waals surface area contributed by atoms with E-state index in [0.717, 1.165) is 77.9 Å². The molecule has 2 saturated heterocycles. The van der Waals surface area contributed by atoms with Crippen LogP contribution in [0.3, 0.4) is 0 Å². The Morgan fingerprint density at radius 1 is 0.675 bits per heavy atom. The molecule has 20 N–H and O–H groups in total. The van der Waals surface area contributed by atoms with Crippen molar-refractivity contribution in [3.8, 4) is 68.2 Å². The van der Waals surface area contributed by atoms with Gasteiger partial charge < -0.3 is 133 Å². The molecule has 11 bridgehead atoms. The van der Waals surface area contributed by atoms with Gasteiger partial charge in [-0.05, 0) is 138 Å². The zero-order chi connectivity index (χ0) is 82.2. The number of halogens is 3. The van der Waals surface area contributed by atoms with Crippen LogP contribution in [-0.4, -0.2) is 186 Å². The van der Waals surface area contributed by atoms with E-state index in [2.05, 4.69) is 37.2 Å². The van der Waals surface area contributed by atoms with Gasteiger partial charge in [0.2, 0.25) is 47.5 Å². The lowest BCUT2D eigenvalue weighted by Gasteiger charge is -2.48. The van der Waals surface area contributed by atoms with Crippen LogP contribution in [0.4, 0.5) is 5.69 Å². The Labute approximate surface area is 664 Å². The summed E-state index contributed by atoms with van der Waals surface area (Å²) in [6.45, 7) is 5.94. The lowest BCUT2D eigenvalue weighted by molar-refractivity contribution is -0.651. The number of benzene rings is 7. The minimum Gasteiger partial charge on any atom is -0.548 e. The molecule has 36 heteroatoms. The van der Waals surface area contributed by atoms with Gasteiger partial charge in [0.25, 0.3) is 5.91 Å². The maximum absolute atomic E-state index is 16.2. The summed E-state index contributed by atoms with van der Waals surface area (Å²) in [5.74, 6) is -16.4. The smallest absolute Gasteiger partial charge is 0.278 e. The molecule has 4 unspecified atom stereocenters. The molecule has 114 heavy (non-hydrogen) atoms. The average molecular weight is 1640 g/mol. The number of nitrogens with two attached hydrogens (primary N) is 2. The molecule has 14 rings (SSSR count). The number of ether oxygens (including phenoxy) is 6. The van der Waals surface area contributed by atoms with Crippen molar-refractivity contribution in [1.29, 1.82) is 0 Å². The lowest BCUT2D eigenvalue weighted by atomic mass is 9.84. The van der Waals surface area contributed by atoms with Gasteiger partial charge in [-0.25, -0.2) is 0 Å². The summed E-state index contributed by atoms with van der Waals surface area (Å²) in [5, 5.41) is 138. The van der Waals surface area contributed by atoms with Gasteiger partial charge in [0.05, 0.1) is 53.8 Å². The van der Waals surface area contributed by atoms with E-state index < -0.39 is 237 Å². The molecule has 7 heterocycles. The number of amides is 7. The van der Waals surface area contributed by atoms with E-state index >= 15 is 14.4 Å². The molecule has 0 radical (unpaired) electrons. The number of carboxylic acids is 1. The first-order valence-corrected chi connectivity index (χ1v) is 37.2. The van der Waals surface area contributed by atoms with Crippen LogP contribution in [0.25, 0.3) is 22.3 Å². The van der Waals surface area contributed by atoms with Crippen LogP contribution in [0.2, 0.25) is 15.1 Å². The second-order valence-electron chi connectivity index (χ2n) is 28.9. The number of aromatic hydroxyl groups is 3. The summed E-state index contributed by atoms with van der Waals surface area (Å²) < 4.78 is 39.4. The van der Waals surface area contributed by atoms with Crippen LogP contribution >= 0.6 is 34.8 Å². The van der Waals surface area contributed by atoms with Crippen molar-refractivity contribution < 1.29 is 123 Å². The highest BCUT2D eigenvalue weighted by Crippen LogP contribution is 2.50. The third-order valence-corrected chi connectivity index (χ3v) is 21.1. The highest BCUT2D eigenvalue weighted by atomic mass is 35.5. The molecule has 0 aromatic heterocycles. The van der Waals surface area contributed by atoms with Gasteiger partial charge in [0.1, 0.15) is 95.6 Å². The van der Waals surface area contributed by atoms with Crippen molar-refractivity contribution in [2.24, 2.45) is 11.7 Å². The van der Waals surface area contributed by atoms with Gasteiger partial charge in [-0.3, -0.25) is 33.6 Å². The Morgan fingerprint density at radius 3 is 1.87 bits per heavy atom. The predicted octanol–water partition coefficient (Wildman–Crippen LogP) is 2.22. The highest BCUT2D eigenvalue weighted by molar-refractivity contribution is 6.32. The van der Waals surface area contributed by atoms with Crippen molar-refractivity contribution in [3.05, 3.63) is 170 Å². The molecular weight excluding hydrogens is 1550 g/mol. The number of aliphatic hydroxyl groups excluding tert-OH is 6. The number of quaternary nitrogens is 1. The molecule has 7 aromatic rings. The molecular formula is C78H82Cl3N9O24. The SMILES string of the molecule is C[NH2+][C@H](CC(C)C)C(=O)NC1C(=O)N[C@@H](CC(N)=O)C(=O)NC2C(=O)N[C@H]3C(=O)NC(C(=O)NC(C(=O)[O-])c4cc(O)cc(O)c4-c4cc3ccc4O)[C@H](O)c3ccc(c(Cl)c3)Oc3cc2cc(c3O[C@@H]2O[C@H](CO)[C@@H](O)[C@H](O)[C@H]2O[C@H]2C[C@](C)(Nc3ccc(-c4ccc(Cl)cc4)cc3)[C@H](O)[C@H](C)O2)Oc2ccc(cc2Cl)[C@H]1O. The first kappa shape index (κ1) is 82.8. The molecule has 2 fully saturated rings. The number of likely N-dealkylation sites (N-methyl/N-ethyl adjacent to an activating group) is 1. The number of hydrogen-bond donors (Lipinski definition) is 18. The number of carbonyl (C=O) groups excluding carboxylic acids is 8. The number of aliphatic hydroxyl groups is 6. The van der Waals surface area contributed by atoms with Crippen LogP contribution in [0.5, 0.6) is 46.0 Å². The van der Waals surface area contributed by atoms with Gasteiger partial charge in [-0.2, -0.15) is 0 Å². The number of fused-ring (bicyclic) bond motifs is 15. The normalized spacial score (nSPS) is 27.3. The van der Waals surface area contributed by atoms with Crippen LogP contribution in [-0.2, 0) is 52.6 Å². The van der Waals surface area contributed by atoms with E-state index in [1.54, 1.807) is 50.5 Å². The molecule has 18 atom stereocenters. The molecule has 0 saturated carbocycles. The van der Waals surface area contributed by atoms with E-state index in [1.807, 2.05) is 38.1 Å². The van der Waals surface area contributed by atoms with Crippen molar-refractivity contribution >= 4 is 87.8 Å². The number of aliphatic carboxylic acids is 1. The molecule has 7 amide bonds. The van der Waals surface area contributed by atoms with Crippen molar-refractivity contribution in [2.45, 2.75) is 156 Å². The zero-order valence-electron chi connectivity index (χ0n) is 61.3. The van der Waals surface area contributed by atoms with Gasteiger partial charge in [-0.1, -0.05) is 91.1 Å². The highest BCUT2D eigenvalue weighted by Gasteiger charge is 2.52. The Morgan fingerprint density at radius 2 is 1.27 bits per heavy atom. The molecule has 0 spiro atoms. The molecule has 7 aliphatic heterocycles. The second kappa shape index (κ2) is 34.2. The fourth-order valence-electron chi connectivity index (χ4n) is 14.4. The third-order valence-electron chi connectivity index (χ3n) is 20.3. The number of anilines is 1. The molecule has 604 valence electrons. The Hall–Kier alpha value is -10.6. The Kier molecular flexibility index (Phi) is 24.8. The zero-order valence-corrected chi connectivity index (χ0v) is 63.6. The fraction of sp³-hybridized carbons (Fsp3) is 0.359. The monoisotopic (exact) mass is 1630 g/mol. The van der Waals surface area contributed by atoms with Crippen LogP contribution in [0.15, 0.2) is 127 Å². The molecule has 33 nitrogen and oxygen atoms in total. The van der Waals surface area contributed by atoms with E-state index in [9.17, 15) is 75.0 Å². The number of phenols is 3. The van der Waals surface area contributed by atoms with Crippen LogP contribution < -0.4 is 67.6 Å². The predicted molar refractivity (Wildman–Crippen MR) is 402 cm³/mol.